The van der Waals surface area contributed by atoms with E-state index in [1.807, 2.05) is 12.3 Å². The van der Waals surface area contributed by atoms with Gasteiger partial charge < -0.3 is 15.4 Å². The van der Waals surface area contributed by atoms with E-state index in [9.17, 15) is 9.90 Å². The quantitative estimate of drug-likeness (QED) is 0.485. The highest BCUT2D eigenvalue weighted by Crippen LogP contribution is 2.56. The van der Waals surface area contributed by atoms with Crippen molar-refractivity contribution in [3.8, 4) is 11.4 Å². The normalized spacial score (nSPS) is 34.4. The molecule has 4 aliphatic carbocycles. The summed E-state index contributed by atoms with van der Waals surface area (Å²) in [6, 6.07) is 2.33. The highest BCUT2D eigenvalue weighted by atomic mass is 16.3. The van der Waals surface area contributed by atoms with Gasteiger partial charge in [0, 0.05) is 23.8 Å². The van der Waals surface area contributed by atoms with Crippen LogP contribution in [0.5, 0.6) is 0 Å². The lowest BCUT2D eigenvalue weighted by molar-refractivity contribution is -0.129. The lowest BCUT2D eigenvalue weighted by Gasteiger charge is -2.58. The van der Waals surface area contributed by atoms with E-state index < -0.39 is 5.60 Å². The van der Waals surface area contributed by atoms with Gasteiger partial charge in [-0.1, -0.05) is 0 Å². The van der Waals surface area contributed by atoms with Crippen LogP contribution in [0.15, 0.2) is 23.3 Å². The molecule has 0 amide bonds. The Morgan fingerprint density at radius 3 is 2.74 bits per heavy atom. The number of hydrogen-bond acceptors (Lipinski definition) is 5. The molecule has 5 atom stereocenters. The van der Waals surface area contributed by atoms with Crippen LogP contribution in [0, 0.1) is 17.8 Å². The third-order valence-corrected chi connectivity index (χ3v) is 6.89. The van der Waals surface area contributed by atoms with E-state index in [4.69, 9.17) is 0 Å². The number of aliphatic hydroxyl groups is 1. The fraction of sp³-hybridized carbons (Fsp3) is 0.526. The molecule has 3 aromatic rings. The van der Waals surface area contributed by atoms with Crippen molar-refractivity contribution >= 4 is 16.7 Å². The zero-order valence-corrected chi connectivity index (χ0v) is 14.8. The van der Waals surface area contributed by atoms with E-state index in [0.717, 1.165) is 41.5 Å². The fourth-order valence-corrected chi connectivity index (χ4v) is 6.12. The van der Waals surface area contributed by atoms with Gasteiger partial charge in [-0.25, -0.2) is 14.9 Å². The molecule has 4 saturated carbocycles. The molecule has 4 bridgehead atoms. The number of pyridine rings is 1. The van der Waals surface area contributed by atoms with Crippen LogP contribution in [0.3, 0.4) is 0 Å². The Bertz CT molecular complexity index is 1070. The summed E-state index contributed by atoms with van der Waals surface area (Å²) in [7, 11) is 0. The first-order chi connectivity index (χ1) is 13.1. The Morgan fingerprint density at radius 2 is 2.04 bits per heavy atom. The number of aromatic nitrogens is 5. The molecule has 3 aromatic heterocycles. The number of rotatable bonds is 3. The van der Waals surface area contributed by atoms with Crippen LogP contribution in [0.4, 0.5) is 5.69 Å². The van der Waals surface area contributed by atoms with Gasteiger partial charge >= 0.3 is 5.69 Å². The fourth-order valence-electron chi connectivity index (χ4n) is 6.12. The van der Waals surface area contributed by atoms with Crippen LogP contribution >= 0.6 is 0 Å². The van der Waals surface area contributed by atoms with Gasteiger partial charge in [-0.3, -0.25) is 4.98 Å². The predicted molar refractivity (Wildman–Crippen MR) is 100 cm³/mol. The molecule has 5 N–H and O–H groups in total. The van der Waals surface area contributed by atoms with Crippen molar-refractivity contribution < 1.29 is 5.11 Å². The molecular weight excluding hydrogens is 344 g/mol. The van der Waals surface area contributed by atoms with Gasteiger partial charge in [-0.15, -0.1) is 0 Å². The van der Waals surface area contributed by atoms with E-state index in [1.54, 1.807) is 6.20 Å². The molecule has 0 aromatic carbocycles. The molecule has 0 aliphatic heterocycles. The van der Waals surface area contributed by atoms with Gasteiger partial charge in [0.25, 0.3) is 0 Å². The number of nitrogens with zero attached hydrogens (tertiary/aromatic N) is 2. The number of hydrogen-bond donors (Lipinski definition) is 5. The van der Waals surface area contributed by atoms with E-state index in [2.05, 4.69) is 30.5 Å². The molecule has 0 spiro atoms. The molecule has 0 radical (unpaired) electrons. The van der Waals surface area contributed by atoms with Crippen LogP contribution < -0.4 is 11.0 Å². The van der Waals surface area contributed by atoms with Gasteiger partial charge in [0.05, 0.1) is 16.9 Å². The first-order valence-corrected chi connectivity index (χ1v) is 9.68. The number of anilines is 1. The maximum Gasteiger partial charge on any atom is 0.340 e. The molecule has 4 aliphatic rings. The van der Waals surface area contributed by atoms with E-state index in [-0.39, 0.29) is 5.69 Å². The van der Waals surface area contributed by atoms with E-state index >= 15 is 0 Å². The maximum absolute atomic E-state index is 11.6. The minimum Gasteiger partial charge on any atom is -0.390 e. The van der Waals surface area contributed by atoms with Crippen LogP contribution in [0.2, 0.25) is 0 Å². The first kappa shape index (κ1) is 15.4. The highest BCUT2D eigenvalue weighted by Gasteiger charge is 2.54. The van der Waals surface area contributed by atoms with Crippen LogP contribution in [0.1, 0.15) is 32.1 Å². The van der Waals surface area contributed by atoms with Crippen molar-refractivity contribution in [1.29, 1.82) is 0 Å². The zero-order chi connectivity index (χ0) is 18.2. The Balaban J connectivity index is 1.44. The summed E-state index contributed by atoms with van der Waals surface area (Å²) in [5, 5.41) is 22.2. The summed E-state index contributed by atoms with van der Waals surface area (Å²) in [6.45, 7) is 0. The molecule has 3 heterocycles. The monoisotopic (exact) mass is 366 g/mol. The van der Waals surface area contributed by atoms with Crippen LogP contribution in [0.25, 0.3) is 22.4 Å². The highest BCUT2D eigenvalue weighted by molar-refractivity contribution is 5.97. The van der Waals surface area contributed by atoms with Gasteiger partial charge in [-0.2, -0.15) is 5.10 Å². The Labute approximate surface area is 154 Å². The maximum atomic E-state index is 11.6. The smallest absolute Gasteiger partial charge is 0.340 e. The largest absolute Gasteiger partial charge is 0.390 e. The molecule has 0 saturated heterocycles. The van der Waals surface area contributed by atoms with Gasteiger partial charge in [-0.05, 0) is 55.9 Å². The van der Waals surface area contributed by atoms with Gasteiger partial charge in [0.1, 0.15) is 5.65 Å². The summed E-state index contributed by atoms with van der Waals surface area (Å²) < 4.78 is 0. The molecule has 4 fully saturated rings. The average molecular weight is 366 g/mol. The summed E-state index contributed by atoms with van der Waals surface area (Å²) >= 11 is 0. The summed E-state index contributed by atoms with van der Waals surface area (Å²) in [6.07, 6.45) is 8.74. The minimum absolute atomic E-state index is 0.326. The molecule has 7 rings (SSSR count). The number of H-pyrrole nitrogens is 3. The summed E-state index contributed by atoms with van der Waals surface area (Å²) in [5.41, 5.74) is 1.76. The lowest BCUT2D eigenvalue weighted by atomic mass is 9.52. The SMILES string of the molecule is O=c1[nH]nc(-c2cnc3[nH]ccc3c2N[C@H]2[C@@H]3CC4C[C@H]2C[C@@](O)(C4)C3)[nH]1. The molecule has 1 unspecified atom stereocenters. The van der Waals surface area contributed by atoms with Crippen molar-refractivity contribution in [1.82, 2.24) is 25.1 Å². The van der Waals surface area contributed by atoms with E-state index in [1.165, 1.54) is 12.8 Å². The predicted octanol–water partition coefficient (Wildman–Crippen LogP) is 1.99. The third kappa shape index (κ3) is 2.29. The van der Waals surface area contributed by atoms with E-state index in [0.29, 0.717) is 29.6 Å². The van der Waals surface area contributed by atoms with Crippen molar-refractivity contribution in [3.63, 3.8) is 0 Å². The number of fused-ring (bicyclic) bond motifs is 1. The number of aromatic amines is 3. The molecular formula is C19H22N6O2. The topological polar surface area (TPSA) is 122 Å². The third-order valence-electron chi connectivity index (χ3n) is 6.89. The molecule has 8 heteroatoms. The second kappa shape index (κ2) is 5.22. The van der Waals surface area contributed by atoms with Gasteiger partial charge in [0.15, 0.2) is 5.82 Å². The zero-order valence-electron chi connectivity index (χ0n) is 14.8. The lowest BCUT2D eigenvalue weighted by Crippen LogP contribution is -2.59. The summed E-state index contributed by atoms with van der Waals surface area (Å²) in [4.78, 5) is 21.9. The van der Waals surface area contributed by atoms with Crippen molar-refractivity contribution in [3.05, 3.63) is 28.9 Å². The van der Waals surface area contributed by atoms with Crippen LogP contribution in [-0.4, -0.2) is 41.9 Å². The Morgan fingerprint density at radius 1 is 1.22 bits per heavy atom. The minimum atomic E-state index is -0.452. The first-order valence-electron chi connectivity index (χ1n) is 9.68. The van der Waals surface area contributed by atoms with Crippen LogP contribution in [-0.2, 0) is 0 Å². The molecule has 27 heavy (non-hydrogen) atoms. The Hall–Kier alpha value is -2.61. The summed E-state index contributed by atoms with van der Waals surface area (Å²) in [5.74, 6) is 2.11. The van der Waals surface area contributed by atoms with Crippen molar-refractivity contribution in [2.75, 3.05) is 5.32 Å². The number of nitrogens with one attached hydrogen (secondary N) is 4. The van der Waals surface area contributed by atoms with Crippen molar-refractivity contribution in [2.45, 2.75) is 43.7 Å². The Kier molecular flexibility index (Phi) is 2.99. The second-order valence-corrected chi connectivity index (χ2v) is 8.68. The van der Waals surface area contributed by atoms with Crippen molar-refractivity contribution in [2.24, 2.45) is 17.8 Å². The average Bonchev–Trinajstić information content (AvgIpc) is 3.25. The standard InChI is InChI=1S/C19H22N6O2/c26-18-23-17(24-25-18)13-8-21-16-12(1-2-20-16)15(13)22-14-10-3-9-4-11(14)7-19(27,5-9)6-10/h1-2,8-11,14,27H,3-7H2,(H2,20,21,22)(H2,23,24,25,26)/t9?,10-,11+,14+,19-. The molecule has 8 nitrogen and oxygen atoms in total. The van der Waals surface area contributed by atoms with Gasteiger partial charge in [0.2, 0.25) is 0 Å². The molecule has 140 valence electrons. The second-order valence-electron chi connectivity index (χ2n) is 8.68.